The molecule has 0 radical (unpaired) electrons. The Labute approximate surface area is 126 Å². The van der Waals surface area contributed by atoms with Crippen molar-refractivity contribution in [1.29, 1.82) is 0 Å². The maximum Gasteiger partial charge on any atom is 0.247 e. The molecule has 3 atom stereocenters. The van der Waals surface area contributed by atoms with Crippen LogP contribution < -0.4 is 10.5 Å². The molecule has 0 aromatic carbocycles. The number of halogens is 1. The first-order valence-corrected chi connectivity index (χ1v) is 7.04. The number of aromatic nitrogens is 4. The standard InChI is InChI=1S/C13H18FN5O3/c1-3-21-10-8-9(17-12(15)18-10)19(6-16-8)11-13(2,14)4-7(5-20)22-11/h6-7,11,20H,3-5H2,1-2H3,(H2,15,17,18)/t7-,11+,13+/m0/s1. The molecule has 1 aliphatic heterocycles. The fourth-order valence-electron chi connectivity index (χ4n) is 2.70. The average molecular weight is 311 g/mol. The predicted octanol–water partition coefficient (Wildman–Crippen LogP) is 0.815. The number of ether oxygens (including phenoxy) is 2. The molecule has 9 heteroatoms. The molecular weight excluding hydrogens is 293 g/mol. The van der Waals surface area contributed by atoms with E-state index in [-0.39, 0.29) is 24.9 Å². The summed E-state index contributed by atoms with van der Waals surface area (Å²) < 4.78 is 27.2. The second-order valence-corrected chi connectivity index (χ2v) is 5.42. The van der Waals surface area contributed by atoms with Gasteiger partial charge in [0.2, 0.25) is 11.8 Å². The van der Waals surface area contributed by atoms with E-state index >= 15 is 0 Å². The van der Waals surface area contributed by atoms with Crippen molar-refractivity contribution in [3.8, 4) is 5.88 Å². The number of alkyl halides is 1. The van der Waals surface area contributed by atoms with Crippen LogP contribution in [-0.4, -0.2) is 49.6 Å². The van der Waals surface area contributed by atoms with Crippen LogP contribution in [0, 0.1) is 0 Å². The van der Waals surface area contributed by atoms with Gasteiger partial charge in [-0.3, -0.25) is 4.57 Å². The van der Waals surface area contributed by atoms with Gasteiger partial charge in [-0.15, -0.1) is 0 Å². The molecule has 1 aliphatic rings. The SMILES string of the molecule is CCOc1nc(N)nc2c1ncn2[C@@H]1O[C@H](CO)C[C@@]1(C)F. The summed E-state index contributed by atoms with van der Waals surface area (Å²) in [6.45, 7) is 3.38. The van der Waals surface area contributed by atoms with Gasteiger partial charge >= 0.3 is 0 Å². The van der Waals surface area contributed by atoms with E-state index in [0.717, 1.165) is 0 Å². The Kier molecular flexibility index (Phi) is 3.61. The Morgan fingerprint density at radius 1 is 1.59 bits per heavy atom. The molecule has 2 aromatic heterocycles. The first-order chi connectivity index (χ1) is 10.5. The molecule has 1 fully saturated rings. The molecule has 3 N–H and O–H groups in total. The smallest absolute Gasteiger partial charge is 0.247 e. The van der Waals surface area contributed by atoms with E-state index in [1.807, 2.05) is 6.92 Å². The van der Waals surface area contributed by atoms with Crippen LogP contribution in [0.25, 0.3) is 11.2 Å². The van der Waals surface area contributed by atoms with Gasteiger partial charge in [0.05, 0.1) is 25.6 Å². The van der Waals surface area contributed by atoms with Crippen LogP contribution in [0.1, 0.15) is 26.5 Å². The molecule has 0 amide bonds. The molecule has 0 spiro atoms. The largest absolute Gasteiger partial charge is 0.476 e. The van der Waals surface area contributed by atoms with Gasteiger partial charge < -0.3 is 20.3 Å². The average Bonchev–Trinajstić information content (AvgIpc) is 2.99. The Morgan fingerprint density at radius 3 is 3.00 bits per heavy atom. The first-order valence-electron chi connectivity index (χ1n) is 7.04. The number of rotatable bonds is 4. The van der Waals surface area contributed by atoms with Gasteiger partial charge in [-0.1, -0.05) is 0 Å². The minimum absolute atomic E-state index is 0.00923. The molecular formula is C13H18FN5O3. The molecule has 0 aliphatic carbocycles. The lowest BCUT2D eigenvalue weighted by Gasteiger charge is -2.22. The summed E-state index contributed by atoms with van der Waals surface area (Å²) in [5.74, 6) is 0.260. The topological polar surface area (TPSA) is 108 Å². The van der Waals surface area contributed by atoms with Gasteiger partial charge in [0.1, 0.15) is 0 Å². The van der Waals surface area contributed by atoms with Crippen LogP contribution in [0.15, 0.2) is 6.33 Å². The summed E-state index contributed by atoms with van der Waals surface area (Å²) in [5.41, 5.74) is 4.75. The van der Waals surface area contributed by atoms with Crippen molar-refractivity contribution in [2.24, 2.45) is 0 Å². The molecule has 1 saturated heterocycles. The van der Waals surface area contributed by atoms with Crippen molar-refractivity contribution in [2.75, 3.05) is 18.9 Å². The zero-order valence-corrected chi connectivity index (χ0v) is 12.4. The lowest BCUT2D eigenvalue weighted by atomic mass is 10.0. The van der Waals surface area contributed by atoms with Gasteiger partial charge in [0, 0.05) is 6.42 Å². The maximum atomic E-state index is 14.8. The van der Waals surface area contributed by atoms with Gasteiger partial charge in [-0.25, -0.2) is 9.37 Å². The second kappa shape index (κ2) is 5.33. The van der Waals surface area contributed by atoms with Gasteiger partial charge in [0.15, 0.2) is 23.1 Å². The quantitative estimate of drug-likeness (QED) is 0.860. The fraction of sp³-hybridized carbons (Fsp3) is 0.615. The Balaban J connectivity index is 2.08. The summed E-state index contributed by atoms with van der Waals surface area (Å²) in [6.07, 6.45) is -0.00237. The highest BCUT2D eigenvalue weighted by Gasteiger charge is 2.47. The minimum Gasteiger partial charge on any atom is -0.476 e. The molecule has 0 bridgehead atoms. The predicted molar refractivity (Wildman–Crippen MR) is 76.0 cm³/mol. The molecule has 22 heavy (non-hydrogen) atoms. The molecule has 120 valence electrons. The molecule has 0 saturated carbocycles. The molecule has 0 unspecified atom stereocenters. The third-order valence-electron chi connectivity index (χ3n) is 3.61. The number of nitrogen functional groups attached to an aromatic ring is 1. The van der Waals surface area contributed by atoms with Crippen LogP contribution in [-0.2, 0) is 4.74 Å². The number of aliphatic hydroxyl groups is 1. The number of hydrogen-bond donors (Lipinski definition) is 2. The van der Waals surface area contributed by atoms with E-state index < -0.39 is 18.0 Å². The number of hydrogen-bond acceptors (Lipinski definition) is 7. The molecule has 3 heterocycles. The Hall–Kier alpha value is -2.00. The zero-order chi connectivity index (χ0) is 15.9. The van der Waals surface area contributed by atoms with Crippen molar-refractivity contribution >= 4 is 17.1 Å². The normalized spacial score (nSPS) is 28.4. The molecule has 3 rings (SSSR count). The number of aliphatic hydroxyl groups excluding tert-OH is 1. The van der Waals surface area contributed by atoms with Crippen molar-refractivity contribution in [3.05, 3.63) is 6.33 Å². The second-order valence-electron chi connectivity index (χ2n) is 5.42. The Bertz CT molecular complexity index is 690. The number of anilines is 1. The van der Waals surface area contributed by atoms with E-state index in [1.54, 1.807) is 0 Å². The molecule has 2 aromatic rings. The van der Waals surface area contributed by atoms with Crippen LogP contribution in [0.4, 0.5) is 10.3 Å². The van der Waals surface area contributed by atoms with E-state index in [0.29, 0.717) is 17.8 Å². The fourth-order valence-corrected chi connectivity index (χ4v) is 2.70. The van der Waals surface area contributed by atoms with Gasteiger partial charge in [-0.2, -0.15) is 9.97 Å². The summed E-state index contributed by atoms with van der Waals surface area (Å²) in [4.78, 5) is 12.3. The maximum absolute atomic E-state index is 14.8. The van der Waals surface area contributed by atoms with Crippen molar-refractivity contribution < 1.29 is 19.0 Å². The summed E-state index contributed by atoms with van der Waals surface area (Å²) >= 11 is 0. The van der Waals surface area contributed by atoms with Gasteiger partial charge in [0.25, 0.3) is 0 Å². The van der Waals surface area contributed by atoms with E-state index in [1.165, 1.54) is 17.8 Å². The number of imidazole rings is 1. The highest BCUT2D eigenvalue weighted by molar-refractivity contribution is 5.77. The van der Waals surface area contributed by atoms with E-state index in [9.17, 15) is 9.50 Å². The summed E-state index contributed by atoms with van der Waals surface area (Å²) in [6, 6.07) is 0. The number of nitrogens with two attached hydrogens (primary N) is 1. The van der Waals surface area contributed by atoms with Crippen LogP contribution in [0.2, 0.25) is 0 Å². The van der Waals surface area contributed by atoms with E-state index in [4.69, 9.17) is 15.2 Å². The highest BCUT2D eigenvalue weighted by Crippen LogP contribution is 2.42. The van der Waals surface area contributed by atoms with Crippen LogP contribution in [0.5, 0.6) is 5.88 Å². The van der Waals surface area contributed by atoms with Crippen molar-refractivity contribution in [3.63, 3.8) is 0 Å². The third kappa shape index (κ3) is 2.35. The summed E-state index contributed by atoms with van der Waals surface area (Å²) in [5, 5.41) is 9.20. The van der Waals surface area contributed by atoms with Crippen molar-refractivity contribution in [2.45, 2.75) is 38.3 Å². The molecule has 8 nitrogen and oxygen atoms in total. The van der Waals surface area contributed by atoms with Crippen LogP contribution >= 0.6 is 0 Å². The number of nitrogens with zero attached hydrogens (tertiary/aromatic N) is 4. The lowest BCUT2D eigenvalue weighted by Crippen LogP contribution is -2.27. The summed E-state index contributed by atoms with van der Waals surface area (Å²) in [7, 11) is 0. The van der Waals surface area contributed by atoms with E-state index in [2.05, 4.69) is 15.0 Å². The first kappa shape index (κ1) is 14.9. The number of fused-ring (bicyclic) bond motifs is 1. The minimum atomic E-state index is -1.66. The highest BCUT2D eigenvalue weighted by atomic mass is 19.1. The van der Waals surface area contributed by atoms with Crippen LogP contribution in [0.3, 0.4) is 0 Å². The zero-order valence-electron chi connectivity index (χ0n) is 12.4. The Morgan fingerprint density at radius 2 is 2.36 bits per heavy atom. The third-order valence-corrected chi connectivity index (χ3v) is 3.61. The monoisotopic (exact) mass is 311 g/mol. The van der Waals surface area contributed by atoms with Gasteiger partial charge in [-0.05, 0) is 13.8 Å². The lowest BCUT2D eigenvalue weighted by molar-refractivity contribution is -0.0565. The van der Waals surface area contributed by atoms with Crippen molar-refractivity contribution in [1.82, 2.24) is 19.5 Å².